The van der Waals surface area contributed by atoms with E-state index in [1.165, 1.54) is 0 Å². The number of hydrogen-bond acceptors (Lipinski definition) is 8. The molecule has 0 saturated carbocycles. The Labute approximate surface area is 256 Å². The van der Waals surface area contributed by atoms with Crippen molar-refractivity contribution in [1.82, 2.24) is 0 Å². The average Bonchev–Trinajstić information content (AvgIpc) is 2.94. The zero-order valence-electron chi connectivity index (χ0n) is 26.5. The lowest BCUT2D eigenvalue weighted by atomic mass is 9.92. The van der Waals surface area contributed by atoms with Crippen molar-refractivity contribution in [3.05, 3.63) is 53.6 Å². The van der Waals surface area contributed by atoms with Crippen LogP contribution in [0, 0.1) is 18.8 Å². The number of aryl methyl sites for hydroxylation is 1. The maximum atomic E-state index is 13.1. The van der Waals surface area contributed by atoms with Crippen LogP contribution in [0.4, 0.5) is 26.7 Å². The quantitative estimate of drug-likeness (QED) is 0.100. The number of amides is 2. The number of carbonyl (C=O) groups is 3. The predicted molar refractivity (Wildman–Crippen MR) is 170 cm³/mol. The van der Waals surface area contributed by atoms with Crippen molar-refractivity contribution in [2.45, 2.75) is 73.1 Å². The van der Waals surface area contributed by atoms with Gasteiger partial charge in [-0.1, -0.05) is 58.4 Å². The molecule has 0 aliphatic carbocycles. The second-order valence-corrected chi connectivity index (χ2v) is 11.5. The smallest absolute Gasteiger partial charge is 0.434 e. The molecule has 0 aliphatic heterocycles. The number of urea groups is 1. The first kappa shape index (κ1) is 35.4. The molecule has 3 N–H and O–H groups in total. The molecule has 2 aromatic carbocycles. The van der Waals surface area contributed by atoms with Crippen molar-refractivity contribution < 1.29 is 33.7 Å². The van der Waals surface area contributed by atoms with Gasteiger partial charge in [-0.05, 0) is 73.8 Å². The normalized spacial score (nSPS) is 11.7. The Morgan fingerprint density at radius 2 is 1.56 bits per heavy atom. The fourth-order valence-electron chi connectivity index (χ4n) is 4.57. The maximum Gasteiger partial charge on any atom is 0.511 e. The van der Waals surface area contributed by atoms with E-state index < -0.39 is 18.9 Å². The second kappa shape index (κ2) is 18.7. The van der Waals surface area contributed by atoms with Crippen molar-refractivity contribution >= 4 is 35.2 Å². The van der Waals surface area contributed by atoms with Gasteiger partial charge < -0.3 is 34.9 Å². The Bertz CT molecular complexity index is 1140. The Morgan fingerprint density at radius 1 is 0.884 bits per heavy atom. The van der Waals surface area contributed by atoms with E-state index in [0.29, 0.717) is 42.5 Å². The number of hydrogen-bond donors (Lipinski definition) is 3. The summed E-state index contributed by atoms with van der Waals surface area (Å²) in [5.41, 5.74) is 4.24. The van der Waals surface area contributed by atoms with Crippen molar-refractivity contribution in [2.75, 3.05) is 48.6 Å². The summed E-state index contributed by atoms with van der Waals surface area (Å²) in [4.78, 5) is 39.6. The van der Waals surface area contributed by atoms with Crippen LogP contribution in [0.25, 0.3) is 0 Å². The number of esters is 1. The van der Waals surface area contributed by atoms with Gasteiger partial charge in [0, 0.05) is 25.4 Å². The van der Waals surface area contributed by atoms with Gasteiger partial charge in [0.2, 0.25) is 6.79 Å². The van der Waals surface area contributed by atoms with Gasteiger partial charge in [-0.15, -0.1) is 0 Å². The lowest BCUT2D eigenvalue weighted by molar-refractivity contribution is -0.153. The van der Waals surface area contributed by atoms with E-state index in [0.717, 1.165) is 29.9 Å². The topological polar surface area (TPSA) is 126 Å². The molecule has 0 saturated heterocycles. The molecule has 10 heteroatoms. The summed E-state index contributed by atoms with van der Waals surface area (Å²) in [6.07, 6.45) is 0.823. The zero-order chi connectivity index (χ0) is 31.8. The summed E-state index contributed by atoms with van der Waals surface area (Å²) in [6.45, 7) is 13.9. The summed E-state index contributed by atoms with van der Waals surface area (Å²) >= 11 is 0. The predicted octanol–water partition coefficient (Wildman–Crippen LogP) is 7.07. The number of nitrogens with zero attached hydrogens (tertiary/aromatic N) is 1. The molecule has 0 spiro atoms. The summed E-state index contributed by atoms with van der Waals surface area (Å²) in [5, 5.41) is 14.7. The molecule has 2 rings (SSSR count). The highest BCUT2D eigenvalue weighted by molar-refractivity contribution is 6.02. The molecule has 2 amide bonds. The van der Waals surface area contributed by atoms with Gasteiger partial charge in [-0.3, -0.25) is 4.79 Å². The first-order valence-electron chi connectivity index (χ1n) is 15.1. The second-order valence-electron chi connectivity index (χ2n) is 11.5. The number of carbonyl (C=O) groups excluding carboxylic acids is 3. The summed E-state index contributed by atoms with van der Waals surface area (Å²) in [6, 6.07) is 13.2. The van der Waals surface area contributed by atoms with Gasteiger partial charge in [0.05, 0.1) is 24.4 Å². The highest BCUT2D eigenvalue weighted by Crippen LogP contribution is 2.34. The maximum absolute atomic E-state index is 13.1. The summed E-state index contributed by atoms with van der Waals surface area (Å²) in [5.74, 6) is 0.116. The van der Waals surface area contributed by atoms with E-state index in [1.54, 1.807) is 0 Å². The number of benzene rings is 2. The first-order chi connectivity index (χ1) is 20.5. The average molecular weight is 600 g/mol. The van der Waals surface area contributed by atoms with Crippen LogP contribution < -0.4 is 15.5 Å². The number of nitrogens with one attached hydrogen (secondary N) is 2. The number of aliphatic hydroxyl groups is 1. The fraction of sp³-hybridized carbons (Fsp3) is 0.545. The monoisotopic (exact) mass is 599 g/mol. The van der Waals surface area contributed by atoms with E-state index in [-0.39, 0.29) is 31.6 Å². The molecule has 2 aromatic rings. The third-order valence-corrected chi connectivity index (χ3v) is 6.64. The molecule has 0 radical (unpaired) electrons. The van der Waals surface area contributed by atoms with Gasteiger partial charge in [-0.2, -0.15) is 0 Å². The number of aliphatic hydroxyl groups excluding tert-OH is 1. The SMILES string of the molecule is CC[C@@H](CC(=O)OCOC(=O)OCCCCO)c1ccc(N(CC(C)C)CC(C)C)c(NC(=O)Nc2ccc(C)cc2)c1. The van der Waals surface area contributed by atoms with Gasteiger partial charge in [-0.25, -0.2) is 9.59 Å². The standard InChI is InChI=1S/C33H49N3O7/c1-7-26(19-31(38)42-22-43-33(40)41-17-9-8-16-37)27-12-15-30(36(20-23(2)3)21-24(4)5)29(18-27)35-32(39)34-28-13-10-25(6)11-14-28/h10-15,18,23-24,26,37H,7-9,16-17,19-22H2,1-6H3,(H2,34,35,39)/t26-/m0/s1. The zero-order valence-corrected chi connectivity index (χ0v) is 26.5. The molecular weight excluding hydrogens is 550 g/mol. The van der Waals surface area contributed by atoms with Crippen LogP contribution in [0.5, 0.6) is 0 Å². The molecule has 43 heavy (non-hydrogen) atoms. The number of anilines is 3. The van der Waals surface area contributed by atoms with Crippen molar-refractivity contribution in [3.8, 4) is 0 Å². The van der Waals surface area contributed by atoms with Gasteiger partial charge in [0.25, 0.3) is 0 Å². The van der Waals surface area contributed by atoms with E-state index in [2.05, 4.69) is 43.2 Å². The van der Waals surface area contributed by atoms with Gasteiger partial charge >= 0.3 is 18.2 Å². The number of ether oxygens (including phenoxy) is 3. The Hall–Kier alpha value is -3.79. The minimum Gasteiger partial charge on any atom is -0.434 e. The number of unbranched alkanes of at least 4 members (excludes halogenated alkanes) is 1. The summed E-state index contributed by atoms with van der Waals surface area (Å²) in [7, 11) is 0. The number of rotatable bonds is 17. The van der Waals surface area contributed by atoms with Crippen molar-refractivity contribution in [2.24, 2.45) is 11.8 Å². The lowest BCUT2D eigenvalue weighted by Gasteiger charge is -2.31. The van der Waals surface area contributed by atoms with E-state index in [9.17, 15) is 14.4 Å². The molecule has 10 nitrogen and oxygen atoms in total. The van der Waals surface area contributed by atoms with Gasteiger partial charge in [0.15, 0.2) is 0 Å². The summed E-state index contributed by atoms with van der Waals surface area (Å²) < 4.78 is 14.8. The van der Waals surface area contributed by atoms with E-state index >= 15 is 0 Å². The molecule has 0 heterocycles. The first-order valence-corrected chi connectivity index (χ1v) is 15.1. The minimum atomic E-state index is -0.930. The van der Waals surface area contributed by atoms with Crippen LogP contribution in [-0.4, -0.2) is 56.4 Å². The highest BCUT2D eigenvalue weighted by Gasteiger charge is 2.21. The third kappa shape index (κ3) is 13.4. The lowest BCUT2D eigenvalue weighted by Crippen LogP contribution is -2.32. The van der Waals surface area contributed by atoms with E-state index in [4.69, 9.17) is 19.3 Å². The molecule has 1 atom stereocenters. The van der Waals surface area contributed by atoms with Gasteiger partial charge in [0.1, 0.15) is 0 Å². The third-order valence-electron chi connectivity index (χ3n) is 6.64. The molecule has 0 fully saturated rings. The Kier molecular flexibility index (Phi) is 15.4. The molecule has 0 bridgehead atoms. The van der Waals surface area contributed by atoms with Crippen LogP contribution in [0.3, 0.4) is 0 Å². The van der Waals surface area contributed by atoms with Crippen molar-refractivity contribution in [1.29, 1.82) is 0 Å². The minimum absolute atomic E-state index is 0.0175. The van der Waals surface area contributed by atoms with Crippen molar-refractivity contribution in [3.63, 3.8) is 0 Å². The van der Waals surface area contributed by atoms with Crippen LogP contribution >= 0.6 is 0 Å². The highest BCUT2D eigenvalue weighted by atomic mass is 16.8. The van der Waals surface area contributed by atoms with E-state index in [1.807, 2.05) is 56.3 Å². The fourth-order valence-corrected chi connectivity index (χ4v) is 4.57. The Morgan fingerprint density at radius 3 is 2.16 bits per heavy atom. The molecule has 238 valence electrons. The molecule has 0 aliphatic rings. The van der Waals surface area contributed by atoms with Crippen LogP contribution in [0.2, 0.25) is 0 Å². The molecule has 0 aromatic heterocycles. The van der Waals surface area contributed by atoms with Crippen LogP contribution in [0.1, 0.15) is 77.3 Å². The largest absolute Gasteiger partial charge is 0.511 e. The van der Waals surface area contributed by atoms with Crippen LogP contribution in [0.15, 0.2) is 42.5 Å². The van der Waals surface area contributed by atoms with Crippen LogP contribution in [-0.2, 0) is 19.0 Å². The molecule has 0 unspecified atom stereocenters. The Balaban J connectivity index is 2.19. The molecular formula is C33H49N3O7.